The largest absolute Gasteiger partial charge is 0.358 e. The van der Waals surface area contributed by atoms with Crippen molar-refractivity contribution in [3.8, 4) is 0 Å². The van der Waals surface area contributed by atoms with Crippen LogP contribution in [0.5, 0.6) is 0 Å². The van der Waals surface area contributed by atoms with Crippen molar-refractivity contribution in [1.29, 1.82) is 0 Å². The topological polar surface area (TPSA) is 56.3 Å². The molecule has 2 aromatic rings. The number of H-pyrrole nitrogens is 2. The van der Waals surface area contributed by atoms with Gasteiger partial charge in [-0.15, -0.1) is 0 Å². The van der Waals surface area contributed by atoms with E-state index in [-0.39, 0.29) is 6.04 Å². The van der Waals surface area contributed by atoms with Gasteiger partial charge in [-0.3, -0.25) is 4.99 Å². The van der Waals surface area contributed by atoms with E-state index in [0.29, 0.717) is 0 Å². The predicted octanol–water partition coefficient (Wildman–Crippen LogP) is 4.69. The second-order valence-electron chi connectivity index (χ2n) is 9.58. The number of rotatable bonds is 0. The highest BCUT2D eigenvalue weighted by Crippen LogP contribution is 2.31. The molecule has 8 bridgehead atoms. The first-order valence-corrected chi connectivity index (χ1v) is 11.5. The molecule has 3 aliphatic rings. The average molecular weight is 425 g/mol. The van der Waals surface area contributed by atoms with Gasteiger partial charge in [0.15, 0.2) is 0 Å². The maximum Gasteiger partial charge on any atom is 0.0774 e. The van der Waals surface area contributed by atoms with Crippen LogP contribution in [0, 0.1) is 27.7 Å². The van der Waals surface area contributed by atoms with Crippen LogP contribution in [0.1, 0.15) is 61.3 Å². The van der Waals surface area contributed by atoms with Gasteiger partial charge in [0.1, 0.15) is 0 Å². The molecule has 4 nitrogen and oxygen atoms in total. The molecule has 164 valence electrons. The monoisotopic (exact) mass is 424 g/mol. The zero-order chi connectivity index (χ0) is 22.9. The summed E-state index contributed by atoms with van der Waals surface area (Å²) in [6, 6.07) is 0.175. The molecule has 0 saturated heterocycles. The van der Waals surface area contributed by atoms with E-state index in [1.54, 1.807) is 0 Å². The molecule has 1 unspecified atom stereocenters. The summed E-state index contributed by atoms with van der Waals surface area (Å²) in [6.07, 6.45) is 7.51. The van der Waals surface area contributed by atoms with Crippen LogP contribution in [0.4, 0.5) is 0 Å². The van der Waals surface area contributed by atoms with Crippen LogP contribution in [-0.4, -0.2) is 27.4 Å². The summed E-state index contributed by atoms with van der Waals surface area (Å²) < 4.78 is 0. The van der Waals surface area contributed by atoms with Gasteiger partial charge in [-0.2, -0.15) is 0 Å². The van der Waals surface area contributed by atoms with E-state index < -0.39 is 0 Å². The summed E-state index contributed by atoms with van der Waals surface area (Å²) in [4.78, 5) is 17.5. The first-order valence-electron chi connectivity index (χ1n) is 11.5. The lowest BCUT2D eigenvalue weighted by Crippen LogP contribution is -2.15. The maximum atomic E-state index is 5.14. The van der Waals surface area contributed by atoms with Crippen molar-refractivity contribution in [2.75, 3.05) is 0 Å². The molecule has 0 spiro atoms. The molecule has 4 heteroatoms. The number of allylic oxidation sites excluding steroid dienone is 3. The summed E-state index contributed by atoms with van der Waals surface area (Å²) in [5.41, 5.74) is 15.8. The van der Waals surface area contributed by atoms with Crippen LogP contribution in [0.15, 0.2) is 38.0 Å². The lowest BCUT2D eigenvalue weighted by Gasteiger charge is -2.09. The number of nitrogens with zero attached hydrogens (tertiary/aromatic N) is 2. The quantitative estimate of drug-likeness (QED) is 0.617. The van der Waals surface area contributed by atoms with Crippen molar-refractivity contribution in [3.63, 3.8) is 0 Å². The van der Waals surface area contributed by atoms with Gasteiger partial charge in [-0.05, 0) is 118 Å². The molecular weight excluding hydrogens is 392 g/mol. The molecular formula is C28H32N4. The normalized spacial score (nSPS) is 21.3. The molecule has 0 aromatic carbocycles. The highest BCUT2D eigenvalue weighted by Gasteiger charge is 2.24. The third kappa shape index (κ3) is 3.04. The van der Waals surface area contributed by atoms with Crippen molar-refractivity contribution in [2.24, 2.45) is 9.98 Å². The third-order valence-corrected chi connectivity index (χ3v) is 7.93. The summed E-state index contributed by atoms with van der Waals surface area (Å²) >= 11 is 0. The number of aromatic nitrogens is 2. The summed E-state index contributed by atoms with van der Waals surface area (Å²) in [5.74, 6) is 0. The summed E-state index contributed by atoms with van der Waals surface area (Å²) in [7, 11) is 0. The zero-order valence-electron chi connectivity index (χ0n) is 20.4. The maximum absolute atomic E-state index is 5.14. The van der Waals surface area contributed by atoms with E-state index in [9.17, 15) is 0 Å². The van der Waals surface area contributed by atoms with Gasteiger partial charge in [0.2, 0.25) is 0 Å². The molecule has 3 aliphatic heterocycles. The Morgan fingerprint density at radius 2 is 1.34 bits per heavy atom. The van der Waals surface area contributed by atoms with Gasteiger partial charge in [-0.25, -0.2) is 4.99 Å². The zero-order valence-corrected chi connectivity index (χ0v) is 20.4. The van der Waals surface area contributed by atoms with Crippen LogP contribution >= 0.6 is 0 Å². The van der Waals surface area contributed by atoms with E-state index >= 15 is 0 Å². The Balaban J connectivity index is 1.82. The highest BCUT2D eigenvalue weighted by molar-refractivity contribution is 6.23. The molecule has 5 heterocycles. The first kappa shape index (κ1) is 20.7. The van der Waals surface area contributed by atoms with E-state index in [1.165, 1.54) is 50.2 Å². The van der Waals surface area contributed by atoms with Gasteiger partial charge in [0, 0.05) is 28.5 Å². The predicted molar refractivity (Wildman–Crippen MR) is 136 cm³/mol. The van der Waals surface area contributed by atoms with Crippen LogP contribution in [0.25, 0.3) is 18.2 Å². The molecule has 0 radical (unpaired) electrons. The first-order chi connectivity index (χ1) is 15.2. The lowest BCUT2D eigenvalue weighted by molar-refractivity contribution is 0.760. The van der Waals surface area contributed by atoms with Gasteiger partial charge in [0.05, 0.1) is 23.2 Å². The van der Waals surface area contributed by atoms with Gasteiger partial charge in [-0.1, -0.05) is 0 Å². The fourth-order valence-corrected chi connectivity index (χ4v) is 4.88. The SMILES string of the molecule is CC1=C(C)C2=NC1=Cc1[nH]c(c(C)c1C)CC1N=C(C=c3[nH]/c(c(C)c3C)=C\2)C(C)=C1C. The number of aliphatic imine (C=N–C) groups is 2. The van der Waals surface area contributed by atoms with Crippen molar-refractivity contribution in [3.05, 3.63) is 72.3 Å². The average Bonchev–Trinajstić information content (AvgIpc) is 3.37. The van der Waals surface area contributed by atoms with Crippen molar-refractivity contribution in [2.45, 2.75) is 67.9 Å². The van der Waals surface area contributed by atoms with Crippen LogP contribution in [-0.2, 0) is 6.42 Å². The van der Waals surface area contributed by atoms with Crippen molar-refractivity contribution >= 4 is 29.7 Å². The lowest BCUT2D eigenvalue weighted by atomic mass is 9.99. The second kappa shape index (κ2) is 7.19. The van der Waals surface area contributed by atoms with E-state index in [4.69, 9.17) is 9.98 Å². The van der Waals surface area contributed by atoms with E-state index in [2.05, 4.69) is 83.6 Å². The molecule has 0 saturated carbocycles. The van der Waals surface area contributed by atoms with Gasteiger partial charge < -0.3 is 9.97 Å². The van der Waals surface area contributed by atoms with Crippen molar-refractivity contribution < 1.29 is 0 Å². The molecule has 2 aromatic heterocycles. The molecule has 1 atom stereocenters. The van der Waals surface area contributed by atoms with E-state index in [1.807, 2.05) is 0 Å². The molecule has 5 rings (SSSR count). The van der Waals surface area contributed by atoms with Gasteiger partial charge >= 0.3 is 0 Å². The Morgan fingerprint density at radius 3 is 2.03 bits per heavy atom. The van der Waals surface area contributed by atoms with Crippen LogP contribution < -0.4 is 10.7 Å². The number of hydrogen-bond acceptors (Lipinski definition) is 2. The second-order valence-corrected chi connectivity index (χ2v) is 9.58. The minimum Gasteiger partial charge on any atom is -0.358 e. The number of aromatic amines is 2. The smallest absolute Gasteiger partial charge is 0.0774 e. The Hall–Kier alpha value is -3.14. The number of fused-ring (bicyclic) bond motifs is 6. The Bertz CT molecular complexity index is 1460. The van der Waals surface area contributed by atoms with Gasteiger partial charge in [0.25, 0.3) is 0 Å². The molecule has 0 aliphatic carbocycles. The van der Waals surface area contributed by atoms with Crippen molar-refractivity contribution in [1.82, 2.24) is 9.97 Å². The Labute approximate surface area is 190 Å². The van der Waals surface area contributed by atoms with Crippen LogP contribution in [0.3, 0.4) is 0 Å². The Kier molecular flexibility index (Phi) is 4.66. The summed E-state index contributed by atoms with van der Waals surface area (Å²) in [6.45, 7) is 17.5. The molecule has 0 amide bonds. The third-order valence-electron chi connectivity index (χ3n) is 7.93. The minimum absolute atomic E-state index is 0.175. The fourth-order valence-electron chi connectivity index (χ4n) is 4.88. The van der Waals surface area contributed by atoms with E-state index in [0.717, 1.165) is 39.9 Å². The Morgan fingerprint density at radius 1 is 0.688 bits per heavy atom. The van der Waals surface area contributed by atoms with Crippen LogP contribution in [0.2, 0.25) is 0 Å². The molecule has 0 fully saturated rings. The standard InChI is InChI=1S/C28H32N4/c1-13-14(2)22-10-24-17(5)18(6)26(31-24)12-28-20(8)19(7)27(32-28)11-25-16(4)15(3)23(30-25)9-21(13)29-22/h9-11,26,29,32H,12H2,1-8H3/b21-9-,22-10?,25-11?. The highest BCUT2D eigenvalue weighted by atomic mass is 14.9. The fraction of sp³-hybridized carbons (Fsp3) is 0.357. The number of nitrogens with one attached hydrogen (secondary N) is 2. The number of hydrogen-bond donors (Lipinski definition) is 2. The molecule has 32 heavy (non-hydrogen) atoms. The minimum atomic E-state index is 0.175. The molecule has 2 N–H and O–H groups in total. The summed E-state index contributed by atoms with van der Waals surface area (Å²) in [5, 5.41) is 2.25.